The molecule has 6 nitrogen and oxygen atoms in total. The highest BCUT2D eigenvalue weighted by atomic mass is 16.6. The molecule has 0 radical (unpaired) electrons. The molecule has 1 heterocycles. The molecule has 3 rings (SSSR count). The third kappa shape index (κ3) is 3.85. The van der Waals surface area contributed by atoms with Gasteiger partial charge in [-0.25, -0.2) is 0 Å². The van der Waals surface area contributed by atoms with Crippen molar-refractivity contribution in [2.75, 3.05) is 19.6 Å². The van der Waals surface area contributed by atoms with E-state index in [-0.39, 0.29) is 29.9 Å². The van der Waals surface area contributed by atoms with E-state index in [9.17, 15) is 14.9 Å². The summed E-state index contributed by atoms with van der Waals surface area (Å²) in [5.74, 6) is 0.453. The summed E-state index contributed by atoms with van der Waals surface area (Å²) in [5.41, 5.74) is 7.78. The predicted octanol–water partition coefficient (Wildman–Crippen LogP) is 2.34. The fourth-order valence-corrected chi connectivity index (χ4v) is 3.46. The quantitative estimate of drug-likeness (QED) is 0.669. The molecule has 0 bridgehead atoms. The van der Waals surface area contributed by atoms with Crippen LogP contribution in [0.1, 0.15) is 17.0 Å². The van der Waals surface area contributed by atoms with E-state index in [1.165, 1.54) is 17.7 Å². The van der Waals surface area contributed by atoms with E-state index < -0.39 is 4.92 Å². The Morgan fingerprint density at radius 2 is 1.92 bits per heavy atom. The molecule has 1 aliphatic heterocycles. The van der Waals surface area contributed by atoms with Gasteiger partial charge in [0.1, 0.15) is 0 Å². The number of carbonyl (C=O) groups is 1. The molecular weight excluding hydrogens is 318 g/mol. The lowest BCUT2D eigenvalue weighted by molar-refractivity contribution is -0.384. The number of amides is 1. The van der Waals surface area contributed by atoms with Crippen molar-refractivity contribution in [3.63, 3.8) is 0 Å². The topological polar surface area (TPSA) is 89.5 Å². The number of benzene rings is 2. The zero-order chi connectivity index (χ0) is 17.8. The second-order valence-corrected chi connectivity index (χ2v) is 6.42. The van der Waals surface area contributed by atoms with E-state index in [2.05, 4.69) is 12.1 Å². The van der Waals surface area contributed by atoms with Crippen molar-refractivity contribution >= 4 is 11.6 Å². The van der Waals surface area contributed by atoms with Gasteiger partial charge in [0.05, 0.1) is 11.3 Å². The summed E-state index contributed by atoms with van der Waals surface area (Å²) in [4.78, 5) is 24.9. The minimum atomic E-state index is -0.445. The van der Waals surface area contributed by atoms with Crippen molar-refractivity contribution in [1.29, 1.82) is 0 Å². The largest absolute Gasteiger partial charge is 0.341 e. The number of nitrogens with two attached hydrogens (primary N) is 1. The Morgan fingerprint density at radius 1 is 1.16 bits per heavy atom. The molecule has 25 heavy (non-hydrogen) atoms. The van der Waals surface area contributed by atoms with Gasteiger partial charge < -0.3 is 10.6 Å². The summed E-state index contributed by atoms with van der Waals surface area (Å²) in [6.45, 7) is 1.80. The standard InChI is InChI=1S/C19H21N3O3/c20-11-16-12-21(13-18(16)15-6-2-1-3-7-15)19(23)10-14-5-4-8-17(9-14)22(24)25/h1-9,16,18H,10-13,20H2/t16-,18+/m1/s1. The van der Waals surface area contributed by atoms with Crippen molar-refractivity contribution in [3.8, 4) is 0 Å². The number of non-ortho nitro benzene ring substituents is 1. The molecule has 1 amide bonds. The van der Waals surface area contributed by atoms with Crippen LogP contribution in [0.25, 0.3) is 0 Å². The highest BCUT2D eigenvalue weighted by molar-refractivity contribution is 5.79. The molecule has 2 aromatic rings. The van der Waals surface area contributed by atoms with Gasteiger partial charge in [-0.15, -0.1) is 0 Å². The number of hydrogen-bond acceptors (Lipinski definition) is 4. The summed E-state index contributed by atoms with van der Waals surface area (Å²) in [6.07, 6.45) is 0.167. The maximum Gasteiger partial charge on any atom is 0.269 e. The van der Waals surface area contributed by atoms with E-state index in [1.807, 2.05) is 23.1 Å². The van der Waals surface area contributed by atoms with Crippen molar-refractivity contribution in [2.45, 2.75) is 12.3 Å². The van der Waals surface area contributed by atoms with Crippen LogP contribution in [0.15, 0.2) is 54.6 Å². The van der Waals surface area contributed by atoms with Crippen LogP contribution in [0.4, 0.5) is 5.69 Å². The number of nitro benzene ring substituents is 1. The van der Waals surface area contributed by atoms with E-state index in [0.29, 0.717) is 25.2 Å². The average Bonchev–Trinajstić information content (AvgIpc) is 3.07. The first-order chi connectivity index (χ1) is 12.1. The van der Waals surface area contributed by atoms with Gasteiger partial charge in [0.25, 0.3) is 5.69 Å². The second kappa shape index (κ2) is 7.44. The summed E-state index contributed by atoms with van der Waals surface area (Å²) in [7, 11) is 0. The molecule has 0 aromatic heterocycles. The minimum Gasteiger partial charge on any atom is -0.341 e. The van der Waals surface area contributed by atoms with Gasteiger partial charge in [-0.2, -0.15) is 0 Å². The number of likely N-dealkylation sites (tertiary alicyclic amines) is 1. The molecule has 0 saturated carbocycles. The number of rotatable bonds is 5. The van der Waals surface area contributed by atoms with Crippen LogP contribution >= 0.6 is 0 Å². The maximum atomic E-state index is 12.6. The Labute approximate surface area is 146 Å². The van der Waals surface area contributed by atoms with Crippen LogP contribution in [0.2, 0.25) is 0 Å². The van der Waals surface area contributed by atoms with Gasteiger partial charge in [-0.3, -0.25) is 14.9 Å². The van der Waals surface area contributed by atoms with Gasteiger partial charge >= 0.3 is 0 Å². The molecule has 0 unspecified atom stereocenters. The van der Waals surface area contributed by atoms with E-state index >= 15 is 0 Å². The first-order valence-corrected chi connectivity index (χ1v) is 8.34. The SMILES string of the molecule is NC[C@@H]1CN(C(=O)Cc2cccc([N+](=O)[O-])c2)C[C@H]1c1ccccc1. The number of nitrogens with zero attached hydrogens (tertiary/aromatic N) is 2. The van der Waals surface area contributed by atoms with Crippen LogP contribution in [0.5, 0.6) is 0 Å². The number of hydrogen-bond donors (Lipinski definition) is 1. The second-order valence-electron chi connectivity index (χ2n) is 6.42. The molecular formula is C19H21N3O3. The van der Waals surface area contributed by atoms with Gasteiger partial charge in [-0.05, 0) is 23.6 Å². The van der Waals surface area contributed by atoms with Crippen LogP contribution in [-0.4, -0.2) is 35.4 Å². The van der Waals surface area contributed by atoms with Crippen molar-refractivity contribution in [2.24, 2.45) is 11.7 Å². The van der Waals surface area contributed by atoms with Crippen LogP contribution in [0.3, 0.4) is 0 Å². The maximum absolute atomic E-state index is 12.6. The van der Waals surface area contributed by atoms with Crippen LogP contribution in [-0.2, 0) is 11.2 Å². The van der Waals surface area contributed by atoms with Crippen molar-refractivity contribution in [3.05, 3.63) is 75.8 Å². The molecule has 6 heteroatoms. The lowest BCUT2D eigenvalue weighted by Crippen LogP contribution is -2.31. The molecule has 0 aliphatic carbocycles. The lowest BCUT2D eigenvalue weighted by atomic mass is 9.89. The third-order valence-electron chi connectivity index (χ3n) is 4.80. The van der Waals surface area contributed by atoms with Gasteiger partial charge in [0.2, 0.25) is 5.91 Å². The zero-order valence-electron chi connectivity index (χ0n) is 13.9. The van der Waals surface area contributed by atoms with Crippen LogP contribution in [0, 0.1) is 16.0 Å². The van der Waals surface area contributed by atoms with E-state index in [1.54, 1.807) is 12.1 Å². The zero-order valence-corrected chi connectivity index (χ0v) is 13.9. The highest BCUT2D eigenvalue weighted by Gasteiger charge is 2.35. The van der Waals surface area contributed by atoms with Gasteiger partial charge in [0.15, 0.2) is 0 Å². The molecule has 2 N–H and O–H groups in total. The molecule has 1 saturated heterocycles. The van der Waals surface area contributed by atoms with Gasteiger partial charge in [0, 0.05) is 31.1 Å². The Morgan fingerprint density at radius 3 is 2.60 bits per heavy atom. The summed E-state index contributed by atoms with van der Waals surface area (Å²) < 4.78 is 0. The summed E-state index contributed by atoms with van der Waals surface area (Å²) in [6, 6.07) is 16.4. The Hall–Kier alpha value is -2.73. The average molecular weight is 339 g/mol. The number of nitro groups is 1. The van der Waals surface area contributed by atoms with Crippen molar-refractivity contribution in [1.82, 2.24) is 4.90 Å². The monoisotopic (exact) mass is 339 g/mol. The molecule has 1 fully saturated rings. The molecule has 0 spiro atoms. The normalized spacial score (nSPS) is 19.8. The van der Waals surface area contributed by atoms with Crippen LogP contribution < -0.4 is 5.73 Å². The van der Waals surface area contributed by atoms with E-state index in [0.717, 1.165) is 0 Å². The lowest BCUT2D eigenvalue weighted by Gasteiger charge is -2.17. The first kappa shape index (κ1) is 17.1. The smallest absolute Gasteiger partial charge is 0.269 e. The number of carbonyl (C=O) groups excluding carboxylic acids is 1. The Bertz CT molecular complexity index is 764. The Balaban J connectivity index is 1.71. The Kier molecular flexibility index (Phi) is 5.09. The van der Waals surface area contributed by atoms with E-state index in [4.69, 9.17) is 5.73 Å². The molecule has 2 atom stereocenters. The van der Waals surface area contributed by atoms with Gasteiger partial charge in [-0.1, -0.05) is 42.5 Å². The molecule has 130 valence electrons. The molecule has 1 aliphatic rings. The summed E-state index contributed by atoms with van der Waals surface area (Å²) >= 11 is 0. The van der Waals surface area contributed by atoms with Crippen molar-refractivity contribution < 1.29 is 9.72 Å². The minimum absolute atomic E-state index is 0.00807. The first-order valence-electron chi connectivity index (χ1n) is 8.34. The summed E-state index contributed by atoms with van der Waals surface area (Å²) in [5, 5.41) is 10.9. The third-order valence-corrected chi connectivity index (χ3v) is 4.80. The fourth-order valence-electron chi connectivity index (χ4n) is 3.46. The fraction of sp³-hybridized carbons (Fsp3) is 0.316. The molecule has 2 aromatic carbocycles. The highest BCUT2D eigenvalue weighted by Crippen LogP contribution is 2.32. The predicted molar refractivity (Wildman–Crippen MR) is 95.1 cm³/mol.